The van der Waals surface area contributed by atoms with Gasteiger partial charge in [-0.25, -0.2) is 4.98 Å². The first kappa shape index (κ1) is 19.1. The second kappa shape index (κ2) is 8.33. The zero-order valence-electron chi connectivity index (χ0n) is 14.4. The molecule has 0 saturated carbocycles. The van der Waals surface area contributed by atoms with Crippen LogP contribution in [0.25, 0.3) is 10.9 Å². The fourth-order valence-electron chi connectivity index (χ4n) is 2.43. The Bertz CT molecular complexity index is 1170. The molecule has 1 N–H and O–H groups in total. The maximum Gasteiger partial charge on any atom is 0.326 e. The fraction of sp³-hybridized carbons (Fsp3) is 0.105. The number of para-hydroxylation sites is 1. The number of fused-ring (bicyclic) bond motifs is 1. The van der Waals surface area contributed by atoms with Gasteiger partial charge in [0.25, 0.3) is 11.5 Å². The van der Waals surface area contributed by atoms with Crippen molar-refractivity contribution in [3.8, 4) is 6.07 Å². The van der Waals surface area contributed by atoms with Gasteiger partial charge >= 0.3 is 5.97 Å². The molecule has 0 atom stereocenters. The van der Waals surface area contributed by atoms with Crippen LogP contribution in [0.5, 0.6) is 0 Å². The summed E-state index contributed by atoms with van der Waals surface area (Å²) in [5.74, 6) is -1.34. The second-order valence-corrected chi connectivity index (χ2v) is 6.12. The van der Waals surface area contributed by atoms with Crippen molar-refractivity contribution in [3.63, 3.8) is 0 Å². The van der Waals surface area contributed by atoms with Gasteiger partial charge in [0.15, 0.2) is 6.61 Å². The summed E-state index contributed by atoms with van der Waals surface area (Å²) in [6.07, 6.45) is 1.25. The number of anilines is 1. The Morgan fingerprint density at radius 1 is 1.25 bits per heavy atom. The lowest BCUT2D eigenvalue weighted by Gasteiger charge is -2.09. The summed E-state index contributed by atoms with van der Waals surface area (Å²) in [5, 5.41) is 11.9. The fourth-order valence-corrected chi connectivity index (χ4v) is 2.65. The van der Waals surface area contributed by atoms with Crippen molar-refractivity contribution in [1.29, 1.82) is 5.26 Å². The van der Waals surface area contributed by atoms with E-state index in [1.807, 2.05) is 6.07 Å². The van der Waals surface area contributed by atoms with Crippen molar-refractivity contribution in [2.45, 2.75) is 6.54 Å². The second-order valence-electron chi connectivity index (χ2n) is 5.71. The van der Waals surface area contributed by atoms with E-state index in [2.05, 4.69) is 10.3 Å². The summed E-state index contributed by atoms with van der Waals surface area (Å²) in [7, 11) is 0. The Morgan fingerprint density at radius 2 is 2.04 bits per heavy atom. The van der Waals surface area contributed by atoms with Gasteiger partial charge in [0.1, 0.15) is 12.6 Å². The van der Waals surface area contributed by atoms with Crippen LogP contribution in [0.4, 0.5) is 5.69 Å². The number of rotatable bonds is 5. The number of amides is 1. The first-order valence-corrected chi connectivity index (χ1v) is 8.45. The van der Waals surface area contributed by atoms with E-state index in [-0.39, 0.29) is 22.7 Å². The van der Waals surface area contributed by atoms with Gasteiger partial charge in [-0.1, -0.05) is 23.7 Å². The predicted octanol–water partition coefficient (Wildman–Crippen LogP) is 2.10. The van der Waals surface area contributed by atoms with Crippen LogP contribution in [0.2, 0.25) is 5.02 Å². The summed E-state index contributed by atoms with van der Waals surface area (Å²) < 4.78 is 6.01. The molecule has 1 heterocycles. The highest BCUT2D eigenvalue weighted by atomic mass is 35.5. The predicted molar refractivity (Wildman–Crippen MR) is 102 cm³/mol. The quantitative estimate of drug-likeness (QED) is 0.660. The van der Waals surface area contributed by atoms with Crippen molar-refractivity contribution in [2.75, 3.05) is 11.9 Å². The molecule has 0 saturated heterocycles. The normalized spacial score (nSPS) is 10.3. The molecular weight excluding hydrogens is 384 g/mol. The van der Waals surface area contributed by atoms with Crippen LogP contribution in [0.3, 0.4) is 0 Å². The molecule has 0 aliphatic rings. The number of benzene rings is 2. The molecule has 3 rings (SSSR count). The number of carbonyl (C=O) groups is 2. The summed E-state index contributed by atoms with van der Waals surface area (Å²) >= 11 is 5.89. The van der Waals surface area contributed by atoms with Crippen LogP contribution in [0, 0.1) is 11.3 Å². The number of halogens is 1. The van der Waals surface area contributed by atoms with Gasteiger partial charge in [-0.15, -0.1) is 0 Å². The summed E-state index contributed by atoms with van der Waals surface area (Å²) in [6, 6.07) is 13.1. The molecule has 0 aliphatic carbocycles. The van der Waals surface area contributed by atoms with Gasteiger partial charge in [-0.3, -0.25) is 19.0 Å². The van der Waals surface area contributed by atoms with E-state index in [0.29, 0.717) is 16.6 Å². The first-order valence-electron chi connectivity index (χ1n) is 8.07. The average molecular weight is 397 g/mol. The number of esters is 1. The number of nitriles is 1. The third-order valence-electron chi connectivity index (χ3n) is 3.77. The van der Waals surface area contributed by atoms with E-state index in [1.54, 1.807) is 24.3 Å². The number of nitrogens with zero attached hydrogens (tertiary/aromatic N) is 3. The summed E-state index contributed by atoms with van der Waals surface area (Å²) in [5.41, 5.74) is 0.789. The smallest absolute Gasteiger partial charge is 0.326 e. The molecule has 0 spiro atoms. The van der Waals surface area contributed by atoms with Gasteiger partial charge in [-0.05, 0) is 30.3 Å². The van der Waals surface area contributed by atoms with Gasteiger partial charge in [0.05, 0.1) is 27.8 Å². The van der Waals surface area contributed by atoms with E-state index in [4.69, 9.17) is 21.6 Å². The third kappa shape index (κ3) is 4.34. The minimum absolute atomic E-state index is 0.195. The van der Waals surface area contributed by atoms with E-state index >= 15 is 0 Å². The molecule has 0 aliphatic heterocycles. The number of nitrogens with one attached hydrogen (secondary N) is 1. The standard InChI is InChI=1S/C19H13ClN4O4/c20-15-7-13(6-5-12(15)8-21)23-17(25)10-28-18(26)9-24-11-22-16-4-2-1-3-14(16)19(24)27/h1-7,11H,9-10H2,(H,23,25). The van der Waals surface area contributed by atoms with Crippen LogP contribution < -0.4 is 10.9 Å². The zero-order valence-corrected chi connectivity index (χ0v) is 15.1. The van der Waals surface area contributed by atoms with Gasteiger partial charge in [0.2, 0.25) is 0 Å². The molecule has 3 aromatic rings. The highest BCUT2D eigenvalue weighted by molar-refractivity contribution is 6.32. The molecule has 2 aromatic carbocycles. The maximum absolute atomic E-state index is 12.3. The Kier molecular flexibility index (Phi) is 5.67. The molecule has 0 unspecified atom stereocenters. The molecule has 0 bridgehead atoms. The molecule has 0 fully saturated rings. The number of hydrogen-bond acceptors (Lipinski definition) is 6. The van der Waals surface area contributed by atoms with Crippen molar-refractivity contribution >= 4 is 40.1 Å². The number of ether oxygens (including phenoxy) is 1. The summed E-state index contributed by atoms with van der Waals surface area (Å²) in [4.78, 5) is 40.3. The minimum Gasteiger partial charge on any atom is -0.454 e. The molecule has 28 heavy (non-hydrogen) atoms. The Labute approximate surface area is 163 Å². The summed E-state index contributed by atoms with van der Waals surface area (Å²) in [6.45, 7) is -0.904. The van der Waals surface area contributed by atoms with E-state index in [1.165, 1.54) is 24.5 Å². The van der Waals surface area contributed by atoms with E-state index in [0.717, 1.165) is 4.57 Å². The van der Waals surface area contributed by atoms with Crippen molar-refractivity contribution in [2.24, 2.45) is 0 Å². The zero-order chi connectivity index (χ0) is 20.1. The number of hydrogen-bond donors (Lipinski definition) is 1. The van der Waals surface area contributed by atoms with Gasteiger partial charge < -0.3 is 10.1 Å². The average Bonchev–Trinajstić information content (AvgIpc) is 2.69. The van der Waals surface area contributed by atoms with Crippen LogP contribution in [-0.4, -0.2) is 28.0 Å². The van der Waals surface area contributed by atoms with Crippen LogP contribution in [0.15, 0.2) is 53.6 Å². The molecular formula is C19H13ClN4O4. The molecule has 0 radical (unpaired) electrons. The lowest BCUT2D eigenvalue weighted by molar-refractivity contribution is -0.147. The lowest BCUT2D eigenvalue weighted by atomic mass is 10.2. The molecule has 8 nitrogen and oxygen atoms in total. The monoisotopic (exact) mass is 396 g/mol. The van der Waals surface area contributed by atoms with E-state index < -0.39 is 18.5 Å². The van der Waals surface area contributed by atoms with E-state index in [9.17, 15) is 14.4 Å². The van der Waals surface area contributed by atoms with Crippen molar-refractivity contribution in [1.82, 2.24) is 9.55 Å². The molecule has 140 valence electrons. The van der Waals surface area contributed by atoms with Crippen molar-refractivity contribution in [3.05, 3.63) is 69.7 Å². The SMILES string of the molecule is N#Cc1ccc(NC(=O)COC(=O)Cn2cnc3ccccc3c2=O)cc1Cl. The van der Waals surface area contributed by atoms with Crippen LogP contribution in [0.1, 0.15) is 5.56 Å². The Hall–Kier alpha value is -3.70. The maximum atomic E-state index is 12.3. The van der Waals surface area contributed by atoms with Crippen molar-refractivity contribution < 1.29 is 14.3 Å². The molecule has 9 heteroatoms. The highest BCUT2D eigenvalue weighted by Crippen LogP contribution is 2.20. The topological polar surface area (TPSA) is 114 Å². The highest BCUT2D eigenvalue weighted by Gasteiger charge is 2.12. The molecule has 1 amide bonds. The third-order valence-corrected chi connectivity index (χ3v) is 4.08. The van der Waals surface area contributed by atoms with Crippen LogP contribution in [-0.2, 0) is 20.9 Å². The Morgan fingerprint density at radius 3 is 2.79 bits per heavy atom. The Balaban J connectivity index is 1.58. The van der Waals surface area contributed by atoms with Crippen LogP contribution >= 0.6 is 11.6 Å². The lowest BCUT2D eigenvalue weighted by Crippen LogP contribution is -2.28. The number of aromatic nitrogens is 2. The van der Waals surface area contributed by atoms with Gasteiger partial charge in [-0.2, -0.15) is 5.26 Å². The molecule has 1 aromatic heterocycles. The minimum atomic E-state index is -0.757. The largest absolute Gasteiger partial charge is 0.454 e. The van der Waals surface area contributed by atoms with Gasteiger partial charge in [0, 0.05) is 5.69 Å². The number of carbonyl (C=O) groups excluding carboxylic acids is 2. The first-order chi connectivity index (χ1) is 13.5.